The average molecular weight is 347 g/mol. The lowest BCUT2D eigenvalue weighted by atomic mass is 10.0. The molecule has 1 aromatic carbocycles. The van der Waals surface area contributed by atoms with Crippen LogP contribution in [0.3, 0.4) is 0 Å². The Bertz CT molecular complexity index is 742. The van der Waals surface area contributed by atoms with Crippen molar-refractivity contribution in [2.24, 2.45) is 0 Å². The number of rotatable bonds is 4. The number of amides is 2. The number of nitrogens with zero attached hydrogens (tertiary/aromatic N) is 2. The zero-order valence-corrected chi connectivity index (χ0v) is 13.8. The van der Waals surface area contributed by atoms with E-state index in [9.17, 15) is 13.6 Å². The smallest absolute Gasteiger partial charge is 0.317 e. The van der Waals surface area contributed by atoms with Crippen molar-refractivity contribution in [1.82, 2.24) is 15.2 Å². The SMILES string of the molecule is CN(Cc1ccncc1)C(=O)NC1CCOC1c1ccc(F)c(F)c1. The molecule has 3 rings (SSSR count). The van der Waals surface area contributed by atoms with E-state index in [-0.39, 0.29) is 12.1 Å². The molecule has 0 saturated carbocycles. The summed E-state index contributed by atoms with van der Waals surface area (Å²) in [5, 5.41) is 2.91. The Morgan fingerprint density at radius 1 is 1.28 bits per heavy atom. The van der Waals surface area contributed by atoms with Crippen molar-refractivity contribution in [2.75, 3.05) is 13.7 Å². The maximum atomic E-state index is 13.5. The second-order valence-corrected chi connectivity index (χ2v) is 6.02. The molecule has 1 aliphatic heterocycles. The highest BCUT2D eigenvalue weighted by molar-refractivity contribution is 5.74. The summed E-state index contributed by atoms with van der Waals surface area (Å²) in [6.45, 7) is 0.889. The lowest BCUT2D eigenvalue weighted by Crippen LogP contribution is -2.43. The van der Waals surface area contributed by atoms with Crippen molar-refractivity contribution >= 4 is 6.03 Å². The molecule has 0 bridgehead atoms. The summed E-state index contributed by atoms with van der Waals surface area (Å²) in [4.78, 5) is 17.9. The van der Waals surface area contributed by atoms with Crippen LogP contribution in [0.15, 0.2) is 42.7 Å². The van der Waals surface area contributed by atoms with Gasteiger partial charge in [-0.2, -0.15) is 0 Å². The van der Waals surface area contributed by atoms with Gasteiger partial charge in [-0.25, -0.2) is 13.6 Å². The van der Waals surface area contributed by atoms with E-state index in [1.807, 2.05) is 12.1 Å². The van der Waals surface area contributed by atoms with E-state index in [1.165, 1.54) is 6.07 Å². The molecule has 7 heteroatoms. The van der Waals surface area contributed by atoms with Gasteiger partial charge in [0.05, 0.1) is 6.04 Å². The second-order valence-electron chi connectivity index (χ2n) is 6.02. The highest BCUT2D eigenvalue weighted by atomic mass is 19.2. The maximum Gasteiger partial charge on any atom is 0.317 e. The van der Waals surface area contributed by atoms with Crippen LogP contribution >= 0.6 is 0 Å². The molecule has 1 aliphatic rings. The largest absolute Gasteiger partial charge is 0.371 e. The van der Waals surface area contributed by atoms with Gasteiger partial charge < -0.3 is 15.0 Å². The van der Waals surface area contributed by atoms with Crippen LogP contribution in [0.2, 0.25) is 0 Å². The first-order valence-corrected chi connectivity index (χ1v) is 8.01. The van der Waals surface area contributed by atoms with E-state index in [1.54, 1.807) is 24.3 Å². The Kier molecular flexibility index (Phi) is 5.23. The molecule has 1 N–H and O–H groups in total. The topological polar surface area (TPSA) is 54.5 Å². The molecular weight excluding hydrogens is 328 g/mol. The van der Waals surface area contributed by atoms with Crippen LogP contribution in [0.1, 0.15) is 23.7 Å². The number of ether oxygens (including phenoxy) is 1. The fourth-order valence-electron chi connectivity index (χ4n) is 2.86. The van der Waals surface area contributed by atoms with Crippen LogP contribution in [0.25, 0.3) is 0 Å². The van der Waals surface area contributed by atoms with Gasteiger partial charge in [0.25, 0.3) is 0 Å². The van der Waals surface area contributed by atoms with Gasteiger partial charge in [-0.15, -0.1) is 0 Å². The highest BCUT2D eigenvalue weighted by Crippen LogP contribution is 2.30. The van der Waals surface area contributed by atoms with Crippen LogP contribution in [0.5, 0.6) is 0 Å². The predicted octanol–water partition coefficient (Wildman–Crippen LogP) is 3.03. The highest BCUT2D eigenvalue weighted by Gasteiger charge is 2.32. The van der Waals surface area contributed by atoms with Gasteiger partial charge >= 0.3 is 6.03 Å². The molecular formula is C18H19F2N3O2. The van der Waals surface area contributed by atoms with Gasteiger partial charge in [0, 0.05) is 32.6 Å². The van der Waals surface area contributed by atoms with Gasteiger partial charge in [-0.3, -0.25) is 4.98 Å². The summed E-state index contributed by atoms with van der Waals surface area (Å²) in [5.74, 6) is -1.83. The van der Waals surface area contributed by atoms with Crippen molar-refractivity contribution in [3.05, 3.63) is 65.5 Å². The minimum Gasteiger partial charge on any atom is -0.371 e. The van der Waals surface area contributed by atoms with Crippen LogP contribution in [0.4, 0.5) is 13.6 Å². The molecule has 132 valence electrons. The van der Waals surface area contributed by atoms with Crippen molar-refractivity contribution in [2.45, 2.75) is 25.1 Å². The van der Waals surface area contributed by atoms with Crippen LogP contribution in [-0.4, -0.2) is 35.6 Å². The number of halogens is 2. The standard InChI is InChI=1S/C18H19F2N3O2/c1-23(11-12-4-7-21-8-5-12)18(24)22-16-6-9-25-17(16)13-2-3-14(19)15(20)10-13/h2-5,7-8,10,16-17H,6,9,11H2,1H3,(H,22,24). The Morgan fingerprint density at radius 3 is 2.76 bits per heavy atom. The number of benzene rings is 1. The Labute approximate surface area is 144 Å². The minimum absolute atomic E-state index is 0.250. The summed E-state index contributed by atoms with van der Waals surface area (Å²) in [6.07, 6.45) is 3.46. The number of pyridine rings is 1. The lowest BCUT2D eigenvalue weighted by molar-refractivity contribution is 0.0980. The number of carbonyl (C=O) groups excluding carboxylic acids is 1. The van der Waals surface area contributed by atoms with E-state index in [0.717, 1.165) is 17.7 Å². The molecule has 0 spiro atoms. The lowest BCUT2D eigenvalue weighted by Gasteiger charge is -2.24. The molecule has 0 radical (unpaired) electrons. The number of hydrogen-bond acceptors (Lipinski definition) is 3. The summed E-state index contributed by atoms with van der Waals surface area (Å²) in [7, 11) is 1.69. The molecule has 1 saturated heterocycles. The summed E-state index contributed by atoms with van der Waals surface area (Å²) < 4.78 is 32.2. The molecule has 2 atom stereocenters. The van der Waals surface area contributed by atoms with Crippen molar-refractivity contribution in [1.29, 1.82) is 0 Å². The van der Waals surface area contributed by atoms with Crippen molar-refractivity contribution < 1.29 is 18.3 Å². The van der Waals surface area contributed by atoms with Gasteiger partial charge in [0.1, 0.15) is 6.10 Å². The third-order valence-corrected chi connectivity index (χ3v) is 4.19. The van der Waals surface area contributed by atoms with E-state index in [0.29, 0.717) is 25.1 Å². The summed E-state index contributed by atoms with van der Waals surface area (Å²) >= 11 is 0. The van der Waals surface area contributed by atoms with Crippen molar-refractivity contribution in [3.63, 3.8) is 0 Å². The third-order valence-electron chi connectivity index (χ3n) is 4.19. The Balaban J connectivity index is 1.64. The third kappa shape index (κ3) is 4.11. The minimum atomic E-state index is -0.923. The Morgan fingerprint density at radius 2 is 2.04 bits per heavy atom. The first kappa shape index (κ1) is 17.3. The first-order valence-electron chi connectivity index (χ1n) is 8.01. The molecule has 25 heavy (non-hydrogen) atoms. The van der Waals surface area contributed by atoms with Gasteiger partial charge in [-0.05, 0) is 41.8 Å². The van der Waals surface area contributed by atoms with Gasteiger partial charge in [0.15, 0.2) is 11.6 Å². The summed E-state index contributed by atoms with van der Waals surface area (Å²) in [6, 6.07) is 6.80. The molecule has 0 aliphatic carbocycles. The van der Waals surface area contributed by atoms with Crippen LogP contribution in [-0.2, 0) is 11.3 Å². The fraction of sp³-hybridized carbons (Fsp3) is 0.333. The van der Waals surface area contributed by atoms with Gasteiger partial charge in [0.2, 0.25) is 0 Å². The zero-order valence-electron chi connectivity index (χ0n) is 13.8. The van der Waals surface area contributed by atoms with E-state index in [4.69, 9.17) is 4.74 Å². The second kappa shape index (κ2) is 7.57. The maximum absolute atomic E-state index is 13.5. The number of urea groups is 1. The molecule has 2 heterocycles. The quantitative estimate of drug-likeness (QED) is 0.925. The molecule has 1 fully saturated rings. The number of aromatic nitrogens is 1. The number of nitrogens with one attached hydrogen (secondary N) is 1. The Hall–Kier alpha value is -2.54. The average Bonchev–Trinajstić information content (AvgIpc) is 3.06. The molecule has 1 aromatic heterocycles. The van der Waals surface area contributed by atoms with E-state index < -0.39 is 17.7 Å². The fourth-order valence-corrected chi connectivity index (χ4v) is 2.86. The van der Waals surface area contributed by atoms with Gasteiger partial charge in [-0.1, -0.05) is 6.07 Å². The normalized spacial score (nSPS) is 19.6. The molecule has 2 amide bonds. The molecule has 2 aromatic rings. The monoisotopic (exact) mass is 347 g/mol. The first-order chi connectivity index (χ1) is 12.0. The van der Waals surface area contributed by atoms with E-state index in [2.05, 4.69) is 10.3 Å². The van der Waals surface area contributed by atoms with Crippen molar-refractivity contribution in [3.8, 4) is 0 Å². The van der Waals surface area contributed by atoms with Crippen LogP contribution < -0.4 is 5.32 Å². The summed E-state index contributed by atoms with van der Waals surface area (Å²) in [5.41, 5.74) is 1.48. The molecule has 5 nitrogen and oxygen atoms in total. The predicted molar refractivity (Wildman–Crippen MR) is 87.7 cm³/mol. The number of carbonyl (C=O) groups is 1. The zero-order chi connectivity index (χ0) is 17.8. The number of hydrogen-bond donors (Lipinski definition) is 1. The van der Waals surface area contributed by atoms with E-state index >= 15 is 0 Å². The van der Waals surface area contributed by atoms with Crippen LogP contribution in [0, 0.1) is 11.6 Å². The molecule has 2 unspecified atom stereocenters.